The molecule has 180 valence electrons. The average molecular weight is 479 g/mol. The molecule has 1 aliphatic heterocycles. The first-order valence-corrected chi connectivity index (χ1v) is 11.7. The molecule has 1 fully saturated rings. The number of carbonyl (C=O) groups excluding carboxylic acids is 2. The van der Waals surface area contributed by atoms with E-state index in [0.717, 1.165) is 0 Å². The van der Waals surface area contributed by atoms with Crippen molar-refractivity contribution in [2.45, 2.75) is 65.3 Å². The second-order valence-corrected chi connectivity index (χ2v) is 10.5. The summed E-state index contributed by atoms with van der Waals surface area (Å²) in [6.07, 6.45) is -0.773. The highest BCUT2D eigenvalue weighted by Crippen LogP contribution is 2.36. The van der Waals surface area contributed by atoms with Crippen LogP contribution in [0.1, 0.15) is 51.4 Å². The summed E-state index contributed by atoms with van der Waals surface area (Å²) in [5.74, 6) is -1.62. The molecule has 0 bridgehead atoms. The zero-order chi connectivity index (χ0) is 24.7. The molecule has 0 saturated carbocycles. The van der Waals surface area contributed by atoms with Crippen LogP contribution >= 0.6 is 11.3 Å². The number of hydrogen-bond acceptors (Lipinski definition) is 7. The fraction of sp³-hybridized carbons (Fsp3) is 0.522. The van der Waals surface area contributed by atoms with Gasteiger partial charge in [0.25, 0.3) is 0 Å². The minimum Gasteiger partial charge on any atom is -0.508 e. The van der Waals surface area contributed by atoms with Crippen LogP contribution in [0, 0.1) is 18.2 Å². The van der Waals surface area contributed by atoms with Crippen molar-refractivity contribution in [1.82, 2.24) is 15.2 Å². The number of phenols is 1. The van der Waals surface area contributed by atoms with Crippen molar-refractivity contribution in [3.8, 4) is 16.2 Å². The summed E-state index contributed by atoms with van der Waals surface area (Å²) in [7, 11) is 0. The predicted octanol–water partition coefficient (Wildman–Crippen LogP) is 2.48. The highest BCUT2D eigenvalue weighted by atomic mass is 32.1. The van der Waals surface area contributed by atoms with Crippen LogP contribution in [-0.4, -0.2) is 56.6 Å². The number of nitrogens with two attached hydrogens (primary N) is 1. The lowest BCUT2D eigenvalue weighted by Gasteiger charge is -2.32. The molecule has 1 saturated heterocycles. The Balaban J connectivity index is 1.79. The zero-order valence-corrected chi connectivity index (χ0v) is 20.2. The van der Waals surface area contributed by atoms with Crippen LogP contribution in [0.25, 0.3) is 10.4 Å². The largest absolute Gasteiger partial charge is 0.508 e. The van der Waals surface area contributed by atoms with E-state index in [0.29, 0.717) is 10.6 Å². The Morgan fingerprint density at radius 1 is 1.36 bits per heavy atom. The lowest BCUT2D eigenvalue weighted by molar-refractivity contribution is -0.141. The summed E-state index contributed by atoms with van der Waals surface area (Å²) in [5.41, 5.74) is 8.28. The van der Waals surface area contributed by atoms with Gasteiger partial charge < -0.3 is 26.2 Å². The average Bonchev–Trinajstić information content (AvgIpc) is 3.32. The number of aliphatic hydroxyl groups is 1. The number of likely N-dealkylation sites (tertiary alicyclic amines) is 1. The molecule has 8 nitrogen and oxygen atoms in total. The Bertz CT molecular complexity index is 1050. The molecule has 0 aliphatic carbocycles. The van der Waals surface area contributed by atoms with Gasteiger partial charge in [0, 0.05) is 24.1 Å². The molecule has 1 aromatic heterocycles. The van der Waals surface area contributed by atoms with E-state index >= 15 is 0 Å². The van der Waals surface area contributed by atoms with Gasteiger partial charge in [0.1, 0.15) is 17.6 Å². The predicted molar refractivity (Wildman–Crippen MR) is 124 cm³/mol. The van der Waals surface area contributed by atoms with Gasteiger partial charge in [0.15, 0.2) is 0 Å². The highest BCUT2D eigenvalue weighted by Gasteiger charge is 2.43. The summed E-state index contributed by atoms with van der Waals surface area (Å²) >= 11 is 1.27. The van der Waals surface area contributed by atoms with E-state index in [-0.39, 0.29) is 29.8 Å². The smallest absolute Gasteiger partial charge is 0.243 e. The number of halogens is 1. The van der Waals surface area contributed by atoms with E-state index in [4.69, 9.17) is 5.73 Å². The number of phenolic OH excluding ortho intramolecular Hbond substituents is 1. The number of amides is 2. The molecule has 3 rings (SSSR count). The van der Waals surface area contributed by atoms with Gasteiger partial charge in [-0.3, -0.25) is 9.59 Å². The number of rotatable bonds is 5. The number of aromatic nitrogens is 1. The first-order valence-electron chi connectivity index (χ1n) is 10.8. The van der Waals surface area contributed by atoms with E-state index in [2.05, 4.69) is 10.3 Å². The van der Waals surface area contributed by atoms with Crippen molar-refractivity contribution in [2.75, 3.05) is 6.54 Å². The van der Waals surface area contributed by atoms with E-state index in [1.165, 1.54) is 28.4 Å². The highest BCUT2D eigenvalue weighted by molar-refractivity contribution is 7.13. The molecule has 2 amide bonds. The SMILES string of the molecule is Cc1ncsc1-c1cc(O)c([C@H](C)NC(=O)[C@@H]2C[C@@H](O)CN2C(=O)[C@@H](N)C(C)(C)C)cc1F. The van der Waals surface area contributed by atoms with Gasteiger partial charge in [0.05, 0.1) is 34.3 Å². The number of benzene rings is 1. The molecular formula is C23H31FN4O4S. The number of nitrogens with one attached hydrogen (secondary N) is 1. The van der Waals surface area contributed by atoms with E-state index in [9.17, 15) is 24.2 Å². The molecule has 1 aliphatic rings. The summed E-state index contributed by atoms with van der Waals surface area (Å²) in [5, 5.41) is 23.4. The monoisotopic (exact) mass is 478 g/mol. The summed E-state index contributed by atoms with van der Waals surface area (Å²) in [6.45, 7) is 8.86. The lowest BCUT2D eigenvalue weighted by Crippen LogP contribution is -2.55. The lowest BCUT2D eigenvalue weighted by atomic mass is 9.86. The Hall–Kier alpha value is -2.56. The molecule has 10 heteroatoms. The van der Waals surface area contributed by atoms with Gasteiger partial charge in [-0.1, -0.05) is 20.8 Å². The Kier molecular flexibility index (Phi) is 7.11. The van der Waals surface area contributed by atoms with Crippen molar-refractivity contribution in [1.29, 1.82) is 0 Å². The Morgan fingerprint density at radius 2 is 2.03 bits per heavy atom. The second kappa shape index (κ2) is 9.36. The van der Waals surface area contributed by atoms with Crippen molar-refractivity contribution in [3.63, 3.8) is 0 Å². The molecule has 0 radical (unpaired) electrons. The molecule has 2 heterocycles. The van der Waals surface area contributed by atoms with E-state index in [1.807, 2.05) is 20.8 Å². The maximum atomic E-state index is 14.8. The number of aliphatic hydroxyl groups excluding tert-OH is 1. The third-order valence-corrected chi connectivity index (χ3v) is 6.96. The molecule has 4 atom stereocenters. The first kappa shape index (κ1) is 25.1. The van der Waals surface area contributed by atoms with Crippen molar-refractivity contribution < 1.29 is 24.2 Å². The molecule has 5 N–H and O–H groups in total. The zero-order valence-electron chi connectivity index (χ0n) is 19.4. The van der Waals surface area contributed by atoms with Crippen LogP contribution in [0.5, 0.6) is 5.75 Å². The number of carbonyl (C=O) groups is 2. The van der Waals surface area contributed by atoms with Crippen LogP contribution in [0.15, 0.2) is 17.6 Å². The quantitative estimate of drug-likeness (QED) is 0.523. The number of nitrogens with zero attached hydrogens (tertiary/aromatic N) is 2. The third-order valence-electron chi connectivity index (χ3n) is 6.00. The van der Waals surface area contributed by atoms with Gasteiger partial charge in [0.2, 0.25) is 11.8 Å². The van der Waals surface area contributed by atoms with Gasteiger partial charge in [-0.2, -0.15) is 0 Å². The van der Waals surface area contributed by atoms with Crippen LogP contribution in [0.3, 0.4) is 0 Å². The topological polar surface area (TPSA) is 129 Å². The Labute approximate surface area is 196 Å². The number of thiazole rings is 1. The summed E-state index contributed by atoms with van der Waals surface area (Å²) in [6, 6.07) is 0.0302. The summed E-state index contributed by atoms with van der Waals surface area (Å²) in [4.78, 5) is 32.0. The van der Waals surface area contributed by atoms with Crippen molar-refractivity contribution in [3.05, 3.63) is 34.7 Å². The standard InChI is InChI=1S/C23H31FN4O4S/c1-11(14-7-16(24)15(8-18(14)30)19-12(2)26-10-33-19)27-21(31)17-6-13(29)9-28(17)22(32)20(25)23(3,4)5/h7-8,10-11,13,17,20,29-30H,6,9,25H2,1-5H3,(H,27,31)/t11-,13+,17-,20+/m0/s1. The number of β-amino-alcohol motifs (C(OH)–C–C–N with tert-alkyl or cyclic N) is 1. The number of hydrogen-bond donors (Lipinski definition) is 4. The fourth-order valence-corrected chi connectivity index (χ4v) is 4.72. The molecule has 0 unspecified atom stereocenters. The normalized spacial score (nSPS) is 20.5. The van der Waals surface area contributed by atoms with Gasteiger partial charge in [-0.05, 0) is 31.4 Å². The second-order valence-electron chi connectivity index (χ2n) is 9.63. The molecule has 1 aromatic carbocycles. The molecule has 0 spiro atoms. The van der Waals surface area contributed by atoms with Crippen LogP contribution in [-0.2, 0) is 9.59 Å². The number of aromatic hydroxyl groups is 1. The molecule has 2 aromatic rings. The minimum absolute atomic E-state index is 0.0118. The maximum Gasteiger partial charge on any atom is 0.243 e. The van der Waals surface area contributed by atoms with E-state index in [1.54, 1.807) is 19.4 Å². The van der Waals surface area contributed by atoms with E-state index < -0.39 is 47.3 Å². The van der Waals surface area contributed by atoms with Gasteiger partial charge in [-0.15, -0.1) is 11.3 Å². The van der Waals surface area contributed by atoms with Crippen molar-refractivity contribution >= 4 is 23.2 Å². The first-order chi connectivity index (χ1) is 15.3. The van der Waals surface area contributed by atoms with Gasteiger partial charge >= 0.3 is 0 Å². The fourth-order valence-electron chi connectivity index (χ4n) is 3.90. The summed E-state index contributed by atoms with van der Waals surface area (Å²) < 4.78 is 14.8. The molecule has 33 heavy (non-hydrogen) atoms. The van der Waals surface area contributed by atoms with Crippen LogP contribution < -0.4 is 11.1 Å². The molecular weight excluding hydrogens is 447 g/mol. The van der Waals surface area contributed by atoms with Crippen LogP contribution in [0.2, 0.25) is 0 Å². The third kappa shape index (κ3) is 5.18. The van der Waals surface area contributed by atoms with Crippen LogP contribution in [0.4, 0.5) is 4.39 Å². The van der Waals surface area contributed by atoms with Crippen molar-refractivity contribution in [2.24, 2.45) is 11.1 Å². The van der Waals surface area contributed by atoms with Gasteiger partial charge in [-0.25, -0.2) is 9.37 Å². The maximum absolute atomic E-state index is 14.8. The minimum atomic E-state index is -0.908. The Morgan fingerprint density at radius 3 is 2.61 bits per heavy atom. The number of aryl methyl sites for hydroxylation is 1.